The molecule has 0 aliphatic carbocycles. The van der Waals surface area contributed by atoms with Crippen LogP contribution in [0.5, 0.6) is 0 Å². The van der Waals surface area contributed by atoms with E-state index in [-0.39, 0.29) is 6.10 Å². The molecule has 0 saturated heterocycles. The van der Waals surface area contributed by atoms with Gasteiger partial charge < -0.3 is 10.5 Å². The summed E-state index contributed by atoms with van der Waals surface area (Å²) in [5.41, 5.74) is 8.12. The monoisotopic (exact) mass is 207 g/mol. The number of nitrogens with two attached hydrogens (primary N) is 1. The summed E-state index contributed by atoms with van der Waals surface area (Å²) >= 11 is 0. The Morgan fingerprint density at radius 1 is 1.27 bits per heavy atom. The number of ether oxygens (including phenoxy) is 1. The summed E-state index contributed by atoms with van der Waals surface area (Å²) in [4.78, 5) is 0. The molecule has 0 spiro atoms. The molecule has 84 valence electrons. The van der Waals surface area contributed by atoms with Crippen LogP contribution in [0.25, 0.3) is 0 Å². The van der Waals surface area contributed by atoms with Crippen LogP contribution in [0.15, 0.2) is 24.3 Å². The largest absolute Gasteiger partial charge is 0.377 e. The van der Waals surface area contributed by atoms with Gasteiger partial charge in [-0.1, -0.05) is 31.2 Å². The zero-order chi connectivity index (χ0) is 11.1. The minimum atomic E-state index is 0.194. The number of methoxy groups -OCH3 is 1. The van der Waals surface area contributed by atoms with Crippen molar-refractivity contribution < 1.29 is 4.74 Å². The molecule has 1 atom stereocenters. The fourth-order valence-electron chi connectivity index (χ4n) is 1.69. The maximum absolute atomic E-state index is 5.50. The summed E-state index contributed by atoms with van der Waals surface area (Å²) in [5.74, 6) is 0. The molecule has 0 bridgehead atoms. The maximum atomic E-state index is 5.50. The molecule has 15 heavy (non-hydrogen) atoms. The number of rotatable bonds is 6. The van der Waals surface area contributed by atoms with Gasteiger partial charge in [0.05, 0.1) is 6.10 Å². The van der Waals surface area contributed by atoms with Crippen LogP contribution in [-0.2, 0) is 11.2 Å². The summed E-state index contributed by atoms with van der Waals surface area (Å²) in [6.45, 7) is 2.89. The molecule has 2 N–H and O–H groups in total. The van der Waals surface area contributed by atoms with Crippen LogP contribution in [0.3, 0.4) is 0 Å². The second-order valence-corrected chi connectivity index (χ2v) is 3.75. The van der Waals surface area contributed by atoms with Gasteiger partial charge in [-0.2, -0.15) is 0 Å². The van der Waals surface area contributed by atoms with Crippen molar-refractivity contribution in [3.63, 3.8) is 0 Å². The van der Waals surface area contributed by atoms with Gasteiger partial charge in [-0.25, -0.2) is 0 Å². The van der Waals surface area contributed by atoms with Crippen LogP contribution >= 0.6 is 0 Å². The molecule has 2 nitrogen and oxygen atoms in total. The summed E-state index contributed by atoms with van der Waals surface area (Å²) in [6.07, 6.45) is 3.28. The van der Waals surface area contributed by atoms with Crippen molar-refractivity contribution in [2.24, 2.45) is 5.73 Å². The van der Waals surface area contributed by atoms with Crippen molar-refractivity contribution in [2.75, 3.05) is 13.7 Å². The molecule has 1 rings (SSSR count). The van der Waals surface area contributed by atoms with Crippen LogP contribution in [0, 0.1) is 0 Å². The lowest BCUT2D eigenvalue weighted by Gasteiger charge is -2.15. The summed E-state index contributed by atoms with van der Waals surface area (Å²) < 4.78 is 5.46. The normalized spacial score (nSPS) is 12.7. The van der Waals surface area contributed by atoms with Gasteiger partial charge in [0.2, 0.25) is 0 Å². The molecule has 0 aliphatic rings. The van der Waals surface area contributed by atoms with Gasteiger partial charge in [-0.05, 0) is 36.9 Å². The molecule has 1 unspecified atom stereocenters. The Kier molecular flexibility index (Phi) is 5.37. The van der Waals surface area contributed by atoms with Gasteiger partial charge in [0.1, 0.15) is 0 Å². The van der Waals surface area contributed by atoms with E-state index in [1.54, 1.807) is 7.11 Å². The summed E-state index contributed by atoms with van der Waals surface area (Å²) in [6, 6.07) is 8.65. The van der Waals surface area contributed by atoms with E-state index < -0.39 is 0 Å². The smallest absolute Gasteiger partial charge is 0.0821 e. The highest BCUT2D eigenvalue weighted by Crippen LogP contribution is 2.22. The first kappa shape index (κ1) is 12.2. The van der Waals surface area contributed by atoms with Crippen molar-refractivity contribution in [3.05, 3.63) is 35.4 Å². The van der Waals surface area contributed by atoms with Crippen molar-refractivity contribution in [1.29, 1.82) is 0 Å². The average molecular weight is 207 g/mol. The molecular weight excluding hydrogens is 186 g/mol. The highest BCUT2D eigenvalue weighted by atomic mass is 16.5. The van der Waals surface area contributed by atoms with Crippen LogP contribution in [0.4, 0.5) is 0 Å². The SMILES string of the molecule is CCc1ccc(C(CCCN)OC)cc1. The van der Waals surface area contributed by atoms with Crippen LogP contribution in [-0.4, -0.2) is 13.7 Å². The number of aryl methyl sites for hydroxylation is 1. The number of benzene rings is 1. The minimum Gasteiger partial charge on any atom is -0.377 e. The highest BCUT2D eigenvalue weighted by Gasteiger charge is 2.08. The first-order valence-electron chi connectivity index (χ1n) is 5.63. The van der Waals surface area contributed by atoms with Crippen molar-refractivity contribution in [1.82, 2.24) is 0 Å². The average Bonchev–Trinajstić information content (AvgIpc) is 2.31. The van der Waals surface area contributed by atoms with Crippen LogP contribution < -0.4 is 5.73 Å². The first-order valence-corrected chi connectivity index (χ1v) is 5.63. The predicted molar refractivity (Wildman–Crippen MR) is 63.9 cm³/mol. The molecule has 0 radical (unpaired) electrons. The molecule has 0 saturated carbocycles. The standard InChI is InChI=1S/C13H21NO/c1-3-11-6-8-12(9-7-11)13(15-2)5-4-10-14/h6-9,13H,3-5,10,14H2,1-2H3. The molecule has 0 aromatic heterocycles. The van der Waals surface area contributed by atoms with E-state index in [9.17, 15) is 0 Å². The first-order chi connectivity index (χ1) is 7.31. The van der Waals surface area contributed by atoms with E-state index in [1.807, 2.05) is 0 Å². The van der Waals surface area contributed by atoms with Crippen LogP contribution in [0.2, 0.25) is 0 Å². The Bertz CT molecular complexity index is 268. The lowest BCUT2D eigenvalue weighted by molar-refractivity contribution is 0.0943. The van der Waals surface area contributed by atoms with E-state index >= 15 is 0 Å². The van der Waals surface area contributed by atoms with Crippen molar-refractivity contribution in [3.8, 4) is 0 Å². The molecule has 1 aromatic carbocycles. The lowest BCUT2D eigenvalue weighted by atomic mass is 10.0. The van der Waals surface area contributed by atoms with Gasteiger partial charge in [0, 0.05) is 7.11 Å². The lowest BCUT2D eigenvalue weighted by Crippen LogP contribution is -2.06. The molecule has 0 heterocycles. The zero-order valence-corrected chi connectivity index (χ0v) is 9.70. The van der Waals surface area contributed by atoms with Gasteiger partial charge in [-0.3, -0.25) is 0 Å². The minimum absolute atomic E-state index is 0.194. The fraction of sp³-hybridized carbons (Fsp3) is 0.538. The summed E-state index contributed by atoms with van der Waals surface area (Å²) in [7, 11) is 1.76. The van der Waals surface area contributed by atoms with E-state index in [0.717, 1.165) is 25.8 Å². The van der Waals surface area contributed by atoms with Gasteiger partial charge >= 0.3 is 0 Å². The zero-order valence-electron chi connectivity index (χ0n) is 9.70. The fourth-order valence-corrected chi connectivity index (χ4v) is 1.69. The Labute approximate surface area is 92.4 Å². The molecular formula is C13H21NO. The van der Waals surface area contributed by atoms with Crippen molar-refractivity contribution in [2.45, 2.75) is 32.3 Å². The molecule has 1 aromatic rings. The molecule has 0 aliphatic heterocycles. The Morgan fingerprint density at radius 2 is 1.93 bits per heavy atom. The highest BCUT2D eigenvalue weighted by molar-refractivity contribution is 5.24. The Balaban J connectivity index is 2.65. The number of hydrogen-bond donors (Lipinski definition) is 1. The maximum Gasteiger partial charge on any atom is 0.0821 e. The Morgan fingerprint density at radius 3 is 2.40 bits per heavy atom. The predicted octanol–water partition coefficient (Wildman–Crippen LogP) is 2.68. The second kappa shape index (κ2) is 6.59. The van der Waals surface area contributed by atoms with E-state index in [2.05, 4.69) is 31.2 Å². The number of hydrogen-bond acceptors (Lipinski definition) is 2. The van der Waals surface area contributed by atoms with Gasteiger partial charge in [0.15, 0.2) is 0 Å². The third kappa shape index (κ3) is 3.65. The van der Waals surface area contributed by atoms with Crippen LogP contribution in [0.1, 0.15) is 37.0 Å². The Hall–Kier alpha value is -0.860. The third-order valence-electron chi connectivity index (χ3n) is 2.71. The second-order valence-electron chi connectivity index (χ2n) is 3.75. The van der Waals surface area contributed by atoms with Crippen molar-refractivity contribution >= 4 is 0 Å². The van der Waals surface area contributed by atoms with E-state index in [1.165, 1.54) is 11.1 Å². The molecule has 0 fully saturated rings. The van der Waals surface area contributed by atoms with E-state index in [4.69, 9.17) is 10.5 Å². The molecule has 2 heteroatoms. The van der Waals surface area contributed by atoms with Gasteiger partial charge in [0.25, 0.3) is 0 Å². The molecule has 0 amide bonds. The quantitative estimate of drug-likeness (QED) is 0.778. The van der Waals surface area contributed by atoms with E-state index in [0.29, 0.717) is 0 Å². The summed E-state index contributed by atoms with van der Waals surface area (Å²) in [5, 5.41) is 0. The topological polar surface area (TPSA) is 35.2 Å². The van der Waals surface area contributed by atoms with Gasteiger partial charge in [-0.15, -0.1) is 0 Å². The third-order valence-corrected chi connectivity index (χ3v) is 2.71.